The summed E-state index contributed by atoms with van der Waals surface area (Å²) in [6.45, 7) is 3.04. The normalized spacial score (nSPS) is 14.9. The molecule has 0 aliphatic carbocycles. The molecule has 122 valence electrons. The van der Waals surface area contributed by atoms with E-state index in [-0.39, 0.29) is 5.63 Å². The molecule has 1 aromatic heterocycles. The van der Waals surface area contributed by atoms with Crippen molar-refractivity contribution in [3.05, 3.63) is 40.2 Å². The standard InChI is InChI=1S/C16H17NO4S2/c1-19-12-2-3-14-13(9-12)11(8-15(18)21-14)10-23-16(22)17-4-6-20-7-5-17/h2-3,8-9H,4-7,10H2,1H3. The Hall–Kier alpha value is -1.57. The van der Waals surface area contributed by atoms with Gasteiger partial charge < -0.3 is 18.8 Å². The Morgan fingerprint density at radius 2 is 2.13 bits per heavy atom. The van der Waals surface area contributed by atoms with Crippen molar-refractivity contribution in [2.75, 3.05) is 33.4 Å². The Morgan fingerprint density at radius 1 is 1.35 bits per heavy atom. The Bertz CT molecular complexity index is 768. The fourth-order valence-electron chi connectivity index (χ4n) is 2.43. The molecule has 1 aromatic carbocycles. The van der Waals surface area contributed by atoms with E-state index in [4.69, 9.17) is 26.1 Å². The van der Waals surface area contributed by atoms with Gasteiger partial charge in [-0.05, 0) is 23.8 Å². The van der Waals surface area contributed by atoms with Gasteiger partial charge in [0.25, 0.3) is 0 Å². The smallest absolute Gasteiger partial charge is 0.336 e. The molecule has 0 spiro atoms. The summed E-state index contributed by atoms with van der Waals surface area (Å²) in [5.74, 6) is 1.35. The first kappa shape index (κ1) is 16.3. The average molecular weight is 351 g/mol. The van der Waals surface area contributed by atoms with Gasteiger partial charge in [-0.3, -0.25) is 0 Å². The zero-order valence-corrected chi connectivity index (χ0v) is 14.4. The van der Waals surface area contributed by atoms with Crippen LogP contribution >= 0.6 is 24.0 Å². The van der Waals surface area contributed by atoms with Crippen LogP contribution in [0.25, 0.3) is 11.0 Å². The highest BCUT2D eigenvalue weighted by atomic mass is 32.2. The third-order valence-corrected chi connectivity index (χ3v) is 5.23. The first-order valence-corrected chi connectivity index (χ1v) is 8.67. The molecule has 0 atom stereocenters. The summed E-state index contributed by atoms with van der Waals surface area (Å²) >= 11 is 7.04. The maximum absolute atomic E-state index is 11.7. The maximum atomic E-state index is 11.7. The number of benzene rings is 1. The van der Waals surface area contributed by atoms with Crippen molar-refractivity contribution < 1.29 is 13.9 Å². The molecule has 2 heterocycles. The molecule has 0 saturated carbocycles. The van der Waals surface area contributed by atoms with Crippen LogP contribution in [0.5, 0.6) is 5.75 Å². The van der Waals surface area contributed by atoms with Crippen molar-refractivity contribution in [2.24, 2.45) is 0 Å². The second-order valence-corrected chi connectivity index (χ2v) is 6.72. The summed E-state index contributed by atoms with van der Waals surface area (Å²) in [6.07, 6.45) is 0. The Kier molecular flexibility index (Phi) is 5.20. The van der Waals surface area contributed by atoms with E-state index in [1.54, 1.807) is 31.0 Å². The molecule has 0 radical (unpaired) electrons. The van der Waals surface area contributed by atoms with Crippen molar-refractivity contribution in [2.45, 2.75) is 5.75 Å². The number of ether oxygens (including phenoxy) is 2. The summed E-state index contributed by atoms with van der Waals surface area (Å²) in [5, 5.41) is 0.876. The molecule has 0 amide bonds. The summed E-state index contributed by atoms with van der Waals surface area (Å²) in [6, 6.07) is 6.94. The number of methoxy groups -OCH3 is 1. The number of rotatable bonds is 3. The van der Waals surface area contributed by atoms with E-state index in [1.165, 1.54) is 6.07 Å². The highest BCUT2D eigenvalue weighted by molar-refractivity contribution is 8.22. The summed E-state index contributed by atoms with van der Waals surface area (Å²) in [7, 11) is 1.61. The molecule has 1 fully saturated rings. The number of morpholine rings is 1. The van der Waals surface area contributed by atoms with E-state index in [1.807, 2.05) is 6.07 Å². The third kappa shape index (κ3) is 3.85. The summed E-state index contributed by atoms with van der Waals surface area (Å²) in [5.41, 5.74) is 1.11. The predicted molar refractivity (Wildman–Crippen MR) is 95.3 cm³/mol. The number of thiocarbonyl (C=S) groups is 1. The molecule has 1 aliphatic rings. The Labute approximate surface area is 143 Å². The summed E-state index contributed by atoms with van der Waals surface area (Å²) < 4.78 is 16.7. The number of hydrogen-bond acceptors (Lipinski definition) is 6. The fraction of sp³-hybridized carbons (Fsp3) is 0.375. The van der Waals surface area contributed by atoms with E-state index in [9.17, 15) is 4.79 Å². The number of nitrogens with zero attached hydrogens (tertiary/aromatic N) is 1. The topological polar surface area (TPSA) is 51.9 Å². The second-order valence-electron chi connectivity index (χ2n) is 5.11. The molecular weight excluding hydrogens is 334 g/mol. The van der Waals surface area contributed by atoms with Crippen LogP contribution in [0.15, 0.2) is 33.5 Å². The van der Waals surface area contributed by atoms with Gasteiger partial charge in [0.2, 0.25) is 0 Å². The SMILES string of the molecule is COc1ccc2oc(=O)cc(CSC(=S)N3CCOCC3)c2c1. The van der Waals surface area contributed by atoms with Gasteiger partial charge in [-0.2, -0.15) is 0 Å². The Morgan fingerprint density at radius 3 is 2.87 bits per heavy atom. The number of fused-ring (bicyclic) bond motifs is 1. The molecule has 5 nitrogen and oxygen atoms in total. The van der Waals surface area contributed by atoms with Gasteiger partial charge >= 0.3 is 5.63 Å². The van der Waals surface area contributed by atoms with Crippen LogP contribution in [0, 0.1) is 0 Å². The molecule has 23 heavy (non-hydrogen) atoms. The molecule has 2 aromatic rings. The minimum Gasteiger partial charge on any atom is -0.497 e. The first-order chi connectivity index (χ1) is 11.2. The van der Waals surface area contributed by atoms with Gasteiger partial charge in [-0.25, -0.2) is 4.79 Å². The minimum atomic E-state index is -0.351. The van der Waals surface area contributed by atoms with Crippen LogP contribution in [-0.4, -0.2) is 42.6 Å². The van der Waals surface area contributed by atoms with E-state index in [2.05, 4.69) is 4.90 Å². The highest BCUT2D eigenvalue weighted by Gasteiger charge is 2.15. The zero-order valence-electron chi connectivity index (χ0n) is 12.7. The first-order valence-electron chi connectivity index (χ1n) is 7.27. The summed E-state index contributed by atoms with van der Waals surface area (Å²) in [4.78, 5) is 13.9. The quantitative estimate of drug-likeness (QED) is 0.622. The number of thioether (sulfide) groups is 1. The van der Waals surface area contributed by atoms with Gasteiger partial charge in [0, 0.05) is 30.3 Å². The van der Waals surface area contributed by atoms with Crippen LogP contribution in [0.2, 0.25) is 0 Å². The van der Waals surface area contributed by atoms with Crippen molar-refractivity contribution >= 4 is 39.3 Å². The molecule has 1 aliphatic heterocycles. The zero-order chi connectivity index (χ0) is 16.2. The van der Waals surface area contributed by atoms with E-state index in [0.717, 1.165) is 34.1 Å². The fourth-order valence-corrected chi connectivity index (χ4v) is 3.67. The lowest BCUT2D eigenvalue weighted by Gasteiger charge is -2.28. The average Bonchev–Trinajstić information content (AvgIpc) is 2.59. The van der Waals surface area contributed by atoms with Gasteiger partial charge in [0.15, 0.2) is 0 Å². The molecule has 0 N–H and O–H groups in total. The third-order valence-electron chi connectivity index (χ3n) is 3.66. The van der Waals surface area contributed by atoms with E-state index >= 15 is 0 Å². The molecule has 0 unspecified atom stereocenters. The van der Waals surface area contributed by atoms with Gasteiger partial charge in [0.1, 0.15) is 15.7 Å². The minimum absolute atomic E-state index is 0.351. The molecule has 0 bridgehead atoms. The lowest BCUT2D eigenvalue weighted by molar-refractivity contribution is 0.0702. The van der Waals surface area contributed by atoms with Crippen LogP contribution in [-0.2, 0) is 10.5 Å². The van der Waals surface area contributed by atoms with Crippen molar-refractivity contribution in [1.82, 2.24) is 4.90 Å². The van der Waals surface area contributed by atoms with Gasteiger partial charge in [-0.1, -0.05) is 24.0 Å². The molecule has 7 heteroatoms. The van der Waals surface area contributed by atoms with E-state index in [0.29, 0.717) is 24.5 Å². The van der Waals surface area contributed by atoms with Gasteiger partial charge in [-0.15, -0.1) is 0 Å². The van der Waals surface area contributed by atoms with Crippen molar-refractivity contribution in [1.29, 1.82) is 0 Å². The van der Waals surface area contributed by atoms with Crippen molar-refractivity contribution in [3.63, 3.8) is 0 Å². The van der Waals surface area contributed by atoms with Crippen LogP contribution in [0.1, 0.15) is 5.56 Å². The lowest BCUT2D eigenvalue weighted by atomic mass is 10.1. The second kappa shape index (κ2) is 7.33. The van der Waals surface area contributed by atoms with Crippen molar-refractivity contribution in [3.8, 4) is 5.75 Å². The van der Waals surface area contributed by atoms with Crippen LogP contribution < -0.4 is 10.4 Å². The lowest BCUT2D eigenvalue weighted by Crippen LogP contribution is -2.38. The largest absolute Gasteiger partial charge is 0.497 e. The molecule has 3 rings (SSSR count). The highest BCUT2D eigenvalue weighted by Crippen LogP contribution is 2.26. The Balaban J connectivity index is 1.81. The van der Waals surface area contributed by atoms with Gasteiger partial charge in [0.05, 0.1) is 20.3 Å². The number of hydrogen-bond donors (Lipinski definition) is 0. The van der Waals surface area contributed by atoms with E-state index < -0.39 is 0 Å². The maximum Gasteiger partial charge on any atom is 0.336 e. The monoisotopic (exact) mass is 351 g/mol. The van der Waals surface area contributed by atoms with Crippen LogP contribution in [0.3, 0.4) is 0 Å². The molecular formula is C16H17NO4S2. The predicted octanol–water partition coefficient (Wildman–Crippen LogP) is 2.65. The van der Waals surface area contributed by atoms with Crippen LogP contribution in [0.4, 0.5) is 0 Å². The molecule has 1 saturated heterocycles.